The maximum absolute atomic E-state index is 12.2. The van der Waals surface area contributed by atoms with Crippen molar-refractivity contribution in [3.05, 3.63) is 24.5 Å². The molecule has 21 heavy (non-hydrogen) atoms. The molecule has 116 valence electrons. The molecule has 0 unspecified atom stereocenters. The minimum Gasteiger partial charge on any atom is -0.488 e. The number of fused-ring (bicyclic) bond motifs is 1. The van der Waals surface area contributed by atoms with Gasteiger partial charge in [-0.1, -0.05) is 6.92 Å². The van der Waals surface area contributed by atoms with Crippen molar-refractivity contribution in [3.63, 3.8) is 0 Å². The van der Waals surface area contributed by atoms with Crippen LogP contribution in [0.3, 0.4) is 0 Å². The van der Waals surface area contributed by atoms with E-state index in [2.05, 4.69) is 4.98 Å². The van der Waals surface area contributed by atoms with E-state index in [1.54, 1.807) is 16.7 Å². The van der Waals surface area contributed by atoms with E-state index < -0.39 is 10.0 Å². The van der Waals surface area contributed by atoms with Crippen LogP contribution in [0.15, 0.2) is 24.5 Å². The molecule has 1 saturated carbocycles. The predicted molar refractivity (Wildman–Crippen MR) is 80.5 cm³/mol. The average molecular weight is 310 g/mol. The number of hydrogen-bond acceptors (Lipinski definition) is 4. The van der Waals surface area contributed by atoms with Gasteiger partial charge in [-0.3, -0.25) is 4.98 Å². The van der Waals surface area contributed by atoms with Crippen molar-refractivity contribution in [3.8, 4) is 5.75 Å². The van der Waals surface area contributed by atoms with Gasteiger partial charge in [0.05, 0.1) is 11.9 Å². The normalized spacial score (nSPS) is 29.5. The lowest BCUT2D eigenvalue weighted by atomic mass is 9.99. The summed E-state index contributed by atoms with van der Waals surface area (Å²) in [7, 11) is -3.08. The number of nitrogens with zero attached hydrogens (tertiary/aromatic N) is 2. The molecule has 0 spiro atoms. The van der Waals surface area contributed by atoms with Crippen LogP contribution in [-0.4, -0.2) is 42.7 Å². The molecule has 1 aliphatic heterocycles. The van der Waals surface area contributed by atoms with Crippen molar-refractivity contribution in [1.82, 2.24) is 9.29 Å². The zero-order valence-corrected chi connectivity index (χ0v) is 13.1. The van der Waals surface area contributed by atoms with Gasteiger partial charge in [0.15, 0.2) is 0 Å². The van der Waals surface area contributed by atoms with Crippen molar-refractivity contribution in [2.45, 2.75) is 32.3 Å². The van der Waals surface area contributed by atoms with Gasteiger partial charge in [0.1, 0.15) is 11.9 Å². The number of rotatable bonds is 5. The second-order valence-corrected chi connectivity index (χ2v) is 8.07. The summed E-state index contributed by atoms with van der Waals surface area (Å²) in [5.41, 5.74) is 0. The third-order valence-corrected chi connectivity index (χ3v) is 6.54. The summed E-state index contributed by atoms with van der Waals surface area (Å²) >= 11 is 0. The first kappa shape index (κ1) is 14.8. The molecule has 1 aliphatic carbocycles. The Morgan fingerprint density at radius 1 is 1.38 bits per heavy atom. The summed E-state index contributed by atoms with van der Waals surface area (Å²) in [6.45, 7) is 3.18. The summed E-state index contributed by atoms with van der Waals surface area (Å²) < 4.78 is 32.1. The molecular formula is C15H22N2O3S. The first-order valence-electron chi connectivity index (χ1n) is 7.64. The minimum absolute atomic E-state index is 0.112. The Labute approximate surface area is 126 Å². The van der Waals surface area contributed by atoms with E-state index in [0.717, 1.165) is 18.6 Å². The van der Waals surface area contributed by atoms with Crippen molar-refractivity contribution >= 4 is 10.0 Å². The molecule has 0 radical (unpaired) electrons. The fourth-order valence-corrected chi connectivity index (χ4v) is 5.12. The Hall–Kier alpha value is -1.14. The molecule has 2 heterocycles. The first-order valence-corrected chi connectivity index (χ1v) is 9.25. The highest BCUT2D eigenvalue weighted by Gasteiger charge is 2.46. The van der Waals surface area contributed by atoms with Crippen molar-refractivity contribution in [1.29, 1.82) is 0 Å². The highest BCUT2D eigenvalue weighted by Crippen LogP contribution is 2.41. The molecule has 2 aliphatic rings. The highest BCUT2D eigenvalue weighted by atomic mass is 32.2. The van der Waals surface area contributed by atoms with Crippen LogP contribution in [0, 0.1) is 11.8 Å². The number of aromatic nitrogens is 1. The van der Waals surface area contributed by atoms with E-state index >= 15 is 0 Å². The van der Waals surface area contributed by atoms with Crippen LogP contribution in [-0.2, 0) is 10.0 Å². The van der Waals surface area contributed by atoms with E-state index in [4.69, 9.17) is 4.74 Å². The van der Waals surface area contributed by atoms with Crippen LogP contribution < -0.4 is 4.74 Å². The van der Waals surface area contributed by atoms with Gasteiger partial charge in [-0.25, -0.2) is 12.7 Å². The van der Waals surface area contributed by atoms with Gasteiger partial charge in [0.2, 0.25) is 10.0 Å². The van der Waals surface area contributed by atoms with Crippen LogP contribution in [0.5, 0.6) is 5.75 Å². The van der Waals surface area contributed by atoms with Crippen LogP contribution >= 0.6 is 0 Å². The van der Waals surface area contributed by atoms with E-state index in [-0.39, 0.29) is 11.9 Å². The number of pyridine rings is 1. The summed E-state index contributed by atoms with van der Waals surface area (Å²) in [6.07, 6.45) is 6.27. The van der Waals surface area contributed by atoms with Crippen LogP contribution in [0.4, 0.5) is 0 Å². The number of hydrogen-bond donors (Lipinski definition) is 0. The average Bonchev–Trinajstić information content (AvgIpc) is 3.03. The Balaban J connectivity index is 1.67. The SMILES string of the molecule is CCCS(=O)(=O)N1C[C@H]2CC[C@@H](Oc3cccnc3)[C@H]2C1. The van der Waals surface area contributed by atoms with Crippen molar-refractivity contribution in [2.75, 3.05) is 18.8 Å². The van der Waals surface area contributed by atoms with Gasteiger partial charge in [-0.15, -0.1) is 0 Å². The van der Waals surface area contributed by atoms with Gasteiger partial charge in [0.25, 0.3) is 0 Å². The minimum atomic E-state index is -3.08. The molecule has 3 rings (SSSR count). The van der Waals surface area contributed by atoms with E-state index in [0.29, 0.717) is 31.3 Å². The quantitative estimate of drug-likeness (QED) is 0.833. The maximum Gasteiger partial charge on any atom is 0.214 e. The molecule has 2 fully saturated rings. The number of ether oxygens (including phenoxy) is 1. The van der Waals surface area contributed by atoms with Crippen LogP contribution in [0.1, 0.15) is 26.2 Å². The van der Waals surface area contributed by atoms with Gasteiger partial charge < -0.3 is 4.74 Å². The van der Waals surface area contributed by atoms with E-state index in [1.807, 2.05) is 19.1 Å². The number of sulfonamides is 1. The monoisotopic (exact) mass is 310 g/mol. The lowest BCUT2D eigenvalue weighted by molar-refractivity contribution is 0.154. The molecule has 1 aromatic heterocycles. The fraction of sp³-hybridized carbons (Fsp3) is 0.667. The molecular weight excluding hydrogens is 288 g/mol. The fourth-order valence-electron chi connectivity index (χ4n) is 3.53. The predicted octanol–water partition coefficient (Wildman–Crippen LogP) is 1.91. The molecule has 1 saturated heterocycles. The Morgan fingerprint density at radius 2 is 2.24 bits per heavy atom. The summed E-state index contributed by atoms with van der Waals surface area (Å²) in [6, 6.07) is 3.76. The summed E-state index contributed by atoms with van der Waals surface area (Å²) in [5, 5.41) is 0. The van der Waals surface area contributed by atoms with Crippen LogP contribution in [0.2, 0.25) is 0 Å². The smallest absolute Gasteiger partial charge is 0.214 e. The Morgan fingerprint density at radius 3 is 2.95 bits per heavy atom. The van der Waals surface area contributed by atoms with Gasteiger partial charge in [-0.05, 0) is 37.3 Å². The lowest BCUT2D eigenvalue weighted by Crippen LogP contribution is -2.33. The lowest BCUT2D eigenvalue weighted by Gasteiger charge is -2.21. The van der Waals surface area contributed by atoms with Gasteiger partial charge in [-0.2, -0.15) is 0 Å². The summed E-state index contributed by atoms with van der Waals surface area (Å²) in [5.74, 6) is 1.79. The third kappa shape index (κ3) is 3.06. The third-order valence-electron chi connectivity index (χ3n) is 4.53. The molecule has 1 aromatic rings. The van der Waals surface area contributed by atoms with Crippen molar-refractivity contribution in [2.24, 2.45) is 11.8 Å². The molecule has 5 nitrogen and oxygen atoms in total. The Kier molecular flexibility index (Phi) is 4.17. The summed E-state index contributed by atoms with van der Waals surface area (Å²) in [4.78, 5) is 4.06. The molecule has 6 heteroatoms. The highest BCUT2D eigenvalue weighted by molar-refractivity contribution is 7.89. The molecule has 0 bridgehead atoms. The zero-order valence-electron chi connectivity index (χ0n) is 12.3. The molecule has 3 atom stereocenters. The van der Waals surface area contributed by atoms with Crippen molar-refractivity contribution < 1.29 is 13.2 Å². The van der Waals surface area contributed by atoms with Gasteiger partial charge in [0, 0.05) is 25.2 Å². The van der Waals surface area contributed by atoms with Gasteiger partial charge >= 0.3 is 0 Å². The zero-order chi connectivity index (χ0) is 14.9. The van der Waals surface area contributed by atoms with E-state index in [1.165, 1.54) is 0 Å². The molecule has 0 amide bonds. The first-order chi connectivity index (χ1) is 10.1. The standard InChI is InChI=1S/C15H22N2O3S/c1-2-8-21(18,19)17-10-12-5-6-15(14(12)11-17)20-13-4-3-7-16-9-13/h3-4,7,9,12,14-15H,2,5-6,8,10-11H2,1H3/t12-,14+,15-/m1/s1. The molecule has 0 aromatic carbocycles. The largest absolute Gasteiger partial charge is 0.488 e. The second-order valence-electron chi connectivity index (χ2n) is 5.98. The topological polar surface area (TPSA) is 59.5 Å². The van der Waals surface area contributed by atoms with E-state index in [9.17, 15) is 8.42 Å². The maximum atomic E-state index is 12.2. The Bertz CT molecular complexity index is 576. The van der Waals surface area contributed by atoms with Crippen LogP contribution in [0.25, 0.3) is 0 Å². The second kappa shape index (κ2) is 5.93. The molecule has 0 N–H and O–H groups in total.